The molecule has 24 heavy (non-hydrogen) atoms. The van der Waals surface area contributed by atoms with E-state index in [2.05, 4.69) is 4.72 Å². The quantitative estimate of drug-likeness (QED) is 0.687. The van der Waals surface area contributed by atoms with E-state index in [1.807, 2.05) is 0 Å². The second-order valence-corrected chi connectivity index (χ2v) is 6.83. The zero-order chi connectivity index (χ0) is 17.9. The summed E-state index contributed by atoms with van der Waals surface area (Å²) >= 11 is 0. The second-order valence-electron chi connectivity index (χ2n) is 5.18. The molecule has 128 valence electrons. The van der Waals surface area contributed by atoms with Crippen LogP contribution in [-0.2, 0) is 21.2 Å². The van der Waals surface area contributed by atoms with Crippen molar-refractivity contribution in [3.63, 3.8) is 0 Å². The maximum absolute atomic E-state index is 12.6. The van der Waals surface area contributed by atoms with Crippen molar-refractivity contribution in [1.82, 2.24) is 0 Å². The summed E-state index contributed by atoms with van der Waals surface area (Å²) in [4.78, 5) is 10.7. The minimum atomic E-state index is -4.03. The van der Waals surface area contributed by atoms with Crippen LogP contribution in [0.4, 0.5) is 5.69 Å². The fourth-order valence-electron chi connectivity index (χ4n) is 2.14. The first-order valence-corrected chi connectivity index (χ1v) is 8.42. The topological polar surface area (TPSA) is 113 Å². The van der Waals surface area contributed by atoms with Gasteiger partial charge in [0.2, 0.25) is 0 Å². The van der Waals surface area contributed by atoms with Crippen molar-refractivity contribution in [2.45, 2.75) is 18.2 Å². The monoisotopic (exact) mass is 351 g/mol. The van der Waals surface area contributed by atoms with Crippen LogP contribution in [0.25, 0.3) is 0 Å². The van der Waals surface area contributed by atoms with Crippen molar-refractivity contribution in [3.05, 3.63) is 47.5 Å². The van der Waals surface area contributed by atoms with Gasteiger partial charge in [-0.3, -0.25) is 9.52 Å². The molecule has 0 amide bonds. The Morgan fingerprint density at radius 2 is 1.92 bits per heavy atom. The Labute approximate surface area is 139 Å². The third-order valence-corrected chi connectivity index (χ3v) is 4.66. The maximum atomic E-state index is 12.6. The Bertz CT molecular complexity index is 876. The molecule has 0 bridgehead atoms. The molecule has 0 atom stereocenters. The number of methoxy groups -OCH3 is 1. The van der Waals surface area contributed by atoms with E-state index in [0.717, 1.165) is 5.56 Å². The van der Waals surface area contributed by atoms with Gasteiger partial charge in [-0.25, -0.2) is 8.42 Å². The fourth-order valence-corrected chi connectivity index (χ4v) is 3.46. The van der Waals surface area contributed by atoms with Gasteiger partial charge in [-0.2, -0.15) is 0 Å². The zero-order valence-electron chi connectivity index (χ0n) is 13.1. The van der Waals surface area contributed by atoms with E-state index in [4.69, 9.17) is 9.84 Å². The van der Waals surface area contributed by atoms with Crippen molar-refractivity contribution >= 4 is 21.7 Å². The number of carbonyl (C=O) groups is 1. The van der Waals surface area contributed by atoms with Crippen LogP contribution >= 0.6 is 0 Å². The number of carboxylic acid groups (broad SMARTS) is 1. The third kappa shape index (κ3) is 3.96. The smallest absolute Gasteiger partial charge is 0.307 e. The van der Waals surface area contributed by atoms with Crippen LogP contribution in [0.1, 0.15) is 11.1 Å². The number of ether oxygens (including phenoxy) is 1. The molecule has 0 aliphatic heterocycles. The van der Waals surface area contributed by atoms with Gasteiger partial charge in [-0.05, 0) is 42.3 Å². The SMILES string of the molecule is COc1ccc(C)cc1S(=O)(=O)Nc1cc(CC(=O)O)ccc1O. The van der Waals surface area contributed by atoms with Crippen molar-refractivity contribution in [3.8, 4) is 11.5 Å². The molecule has 0 aliphatic carbocycles. The fraction of sp³-hybridized carbons (Fsp3) is 0.188. The molecule has 0 unspecified atom stereocenters. The lowest BCUT2D eigenvalue weighted by Gasteiger charge is -2.14. The average molecular weight is 351 g/mol. The number of aryl methyl sites for hydroxylation is 1. The van der Waals surface area contributed by atoms with Gasteiger partial charge in [0, 0.05) is 0 Å². The molecule has 0 heterocycles. The van der Waals surface area contributed by atoms with Gasteiger partial charge in [-0.1, -0.05) is 12.1 Å². The lowest BCUT2D eigenvalue weighted by Crippen LogP contribution is -2.15. The van der Waals surface area contributed by atoms with E-state index in [1.165, 1.54) is 37.4 Å². The molecule has 0 aliphatic rings. The number of hydrogen-bond acceptors (Lipinski definition) is 5. The summed E-state index contributed by atoms with van der Waals surface area (Å²) in [5, 5.41) is 18.7. The first kappa shape index (κ1) is 17.6. The highest BCUT2D eigenvalue weighted by molar-refractivity contribution is 7.92. The number of sulfonamides is 1. The Kier molecular flexibility index (Phi) is 4.99. The van der Waals surface area contributed by atoms with Gasteiger partial charge in [0.1, 0.15) is 16.4 Å². The number of aromatic hydroxyl groups is 1. The Hall–Kier alpha value is -2.74. The van der Waals surface area contributed by atoms with Crippen molar-refractivity contribution < 1.29 is 28.2 Å². The number of carboxylic acids is 1. The average Bonchev–Trinajstić information content (AvgIpc) is 2.50. The molecule has 0 spiro atoms. The summed E-state index contributed by atoms with van der Waals surface area (Å²) in [6.45, 7) is 1.74. The first-order valence-electron chi connectivity index (χ1n) is 6.94. The number of hydrogen-bond donors (Lipinski definition) is 3. The number of nitrogens with one attached hydrogen (secondary N) is 1. The minimum absolute atomic E-state index is 0.0759. The number of aliphatic carboxylic acids is 1. The number of benzene rings is 2. The molecular formula is C16H17NO6S. The molecule has 0 radical (unpaired) electrons. The third-order valence-electron chi connectivity index (χ3n) is 3.27. The van der Waals surface area contributed by atoms with E-state index in [1.54, 1.807) is 13.0 Å². The number of phenolic OH excluding ortho intramolecular Hbond substituents is 1. The summed E-state index contributed by atoms with van der Waals surface area (Å²) in [6, 6.07) is 8.62. The van der Waals surface area contributed by atoms with Crippen LogP contribution < -0.4 is 9.46 Å². The van der Waals surface area contributed by atoms with Gasteiger partial charge in [0.15, 0.2) is 0 Å². The highest BCUT2D eigenvalue weighted by Crippen LogP contribution is 2.30. The molecule has 0 saturated heterocycles. The van der Waals surface area contributed by atoms with Crippen molar-refractivity contribution in [2.24, 2.45) is 0 Å². The molecule has 3 N–H and O–H groups in total. The first-order chi connectivity index (χ1) is 11.2. The normalized spacial score (nSPS) is 11.1. The van der Waals surface area contributed by atoms with Crippen LogP contribution in [0.3, 0.4) is 0 Å². The predicted molar refractivity (Wildman–Crippen MR) is 88.0 cm³/mol. The van der Waals surface area contributed by atoms with E-state index in [0.29, 0.717) is 5.56 Å². The molecule has 2 aromatic rings. The van der Waals surface area contributed by atoms with Gasteiger partial charge >= 0.3 is 5.97 Å². The maximum Gasteiger partial charge on any atom is 0.307 e. The standard InChI is InChI=1S/C16H17NO6S/c1-10-3-6-14(23-2)15(7-10)24(21,22)17-12-8-11(9-16(19)20)4-5-13(12)18/h3-8,17-18H,9H2,1-2H3,(H,19,20). The molecule has 7 nitrogen and oxygen atoms in total. The molecule has 0 saturated carbocycles. The van der Waals surface area contributed by atoms with Crippen molar-refractivity contribution in [1.29, 1.82) is 0 Å². The molecular weight excluding hydrogens is 334 g/mol. The highest BCUT2D eigenvalue weighted by Gasteiger charge is 2.21. The van der Waals surface area contributed by atoms with Crippen LogP contribution in [0.5, 0.6) is 11.5 Å². The summed E-state index contributed by atoms with van der Waals surface area (Å²) < 4.78 is 32.5. The van der Waals surface area contributed by atoms with E-state index in [9.17, 15) is 18.3 Å². The summed E-state index contributed by atoms with van der Waals surface area (Å²) in [5.74, 6) is -1.21. The number of anilines is 1. The van der Waals surface area contributed by atoms with E-state index < -0.39 is 16.0 Å². The van der Waals surface area contributed by atoms with Crippen LogP contribution in [-0.4, -0.2) is 31.7 Å². The van der Waals surface area contributed by atoms with E-state index in [-0.39, 0.29) is 28.5 Å². The highest BCUT2D eigenvalue weighted by atomic mass is 32.2. The van der Waals surface area contributed by atoms with Crippen LogP contribution in [0, 0.1) is 6.92 Å². The molecule has 2 rings (SSSR count). The number of phenols is 1. The molecule has 8 heteroatoms. The molecule has 0 aromatic heterocycles. The van der Waals surface area contributed by atoms with Crippen molar-refractivity contribution in [2.75, 3.05) is 11.8 Å². The summed E-state index contributed by atoms with van der Waals surface area (Å²) in [5.41, 5.74) is 0.978. The summed E-state index contributed by atoms with van der Waals surface area (Å²) in [7, 11) is -2.67. The van der Waals surface area contributed by atoms with E-state index >= 15 is 0 Å². The Balaban J connectivity index is 2.43. The Morgan fingerprint density at radius 3 is 2.54 bits per heavy atom. The predicted octanol–water partition coefficient (Wildman–Crippen LogP) is 2.14. The number of rotatable bonds is 6. The molecule has 2 aromatic carbocycles. The molecule has 0 fully saturated rings. The lowest BCUT2D eigenvalue weighted by molar-refractivity contribution is -0.136. The van der Waals surface area contributed by atoms with Crippen LogP contribution in [0.2, 0.25) is 0 Å². The zero-order valence-corrected chi connectivity index (χ0v) is 13.9. The van der Waals surface area contributed by atoms with Gasteiger partial charge in [0.25, 0.3) is 10.0 Å². The van der Waals surface area contributed by atoms with Gasteiger partial charge in [0.05, 0.1) is 19.2 Å². The Morgan fingerprint density at radius 1 is 1.21 bits per heavy atom. The van der Waals surface area contributed by atoms with Gasteiger partial charge in [-0.15, -0.1) is 0 Å². The van der Waals surface area contributed by atoms with Gasteiger partial charge < -0.3 is 14.9 Å². The van der Waals surface area contributed by atoms with Crippen LogP contribution in [0.15, 0.2) is 41.3 Å². The lowest BCUT2D eigenvalue weighted by atomic mass is 10.1. The summed E-state index contributed by atoms with van der Waals surface area (Å²) in [6.07, 6.45) is -0.289. The minimum Gasteiger partial charge on any atom is -0.506 e. The largest absolute Gasteiger partial charge is 0.506 e. The second kappa shape index (κ2) is 6.79.